The summed E-state index contributed by atoms with van der Waals surface area (Å²) >= 11 is 6.48. The molecule has 1 heterocycles. The van der Waals surface area contributed by atoms with E-state index in [2.05, 4.69) is 29.6 Å². The van der Waals surface area contributed by atoms with Crippen molar-refractivity contribution in [1.82, 2.24) is 10.2 Å². The van der Waals surface area contributed by atoms with Crippen molar-refractivity contribution in [1.29, 1.82) is 0 Å². The smallest absolute Gasteiger partial charge is 0.411 e. The van der Waals surface area contributed by atoms with Crippen molar-refractivity contribution in [2.75, 3.05) is 32.6 Å². The molecule has 2 aromatic rings. The van der Waals surface area contributed by atoms with Gasteiger partial charge in [-0.15, -0.1) is 0 Å². The van der Waals surface area contributed by atoms with Crippen molar-refractivity contribution in [2.24, 2.45) is 0 Å². The molecule has 0 aromatic heterocycles. The normalized spacial score (nSPS) is 22.5. The summed E-state index contributed by atoms with van der Waals surface area (Å²) in [5.74, 6) is -0.372. The molecule has 1 amide bonds. The first-order chi connectivity index (χ1) is 19.9. The number of nitrogens with zero attached hydrogens (tertiary/aromatic N) is 2. The predicted molar refractivity (Wildman–Crippen MR) is 162 cm³/mol. The Bertz CT molecular complexity index is 1260. The number of halogens is 2. The van der Waals surface area contributed by atoms with Crippen molar-refractivity contribution in [3.05, 3.63) is 58.4 Å². The highest BCUT2D eigenvalue weighted by Crippen LogP contribution is 2.40. The number of carbonyl (C=O) groups is 2. The first-order valence-electron chi connectivity index (χ1n) is 14.6. The topological polar surface area (TPSA) is 80.3 Å². The van der Waals surface area contributed by atoms with E-state index in [1.54, 1.807) is 26.8 Å². The van der Waals surface area contributed by atoms with Crippen LogP contribution in [0, 0.1) is 5.82 Å². The number of nitrogens with one attached hydrogen (secondary N) is 1. The maximum absolute atomic E-state index is 15.1. The average Bonchev–Trinajstić information content (AvgIpc) is 3.38. The van der Waals surface area contributed by atoms with E-state index >= 15 is 4.39 Å². The lowest BCUT2D eigenvalue weighted by molar-refractivity contribution is -0.145. The molecule has 0 radical (unpaired) electrons. The number of carbonyl (C=O) groups excluding carboxylic acids is 2. The van der Waals surface area contributed by atoms with E-state index in [4.69, 9.17) is 25.8 Å². The molecular formula is C32H43ClFN3O5. The Balaban J connectivity index is 1.46. The lowest BCUT2D eigenvalue weighted by atomic mass is 9.79. The third kappa shape index (κ3) is 7.48. The largest absolute Gasteiger partial charge is 0.488 e. The van der Waals surface area contributed by atoms with Crippen LogP contribution in [-0.4, -0.2) is 68.5 Å². The highest BCUT2D eigenvalue weighted by Gasteiger charge is 2.43. The summed E-state index contributed by atoms with van der Waals surface area (Å²) in [6.45, 7) is 6.21. The summed E-state index contributed by atoms with van der Waals surface area (Å²) in [7, 11) is 5.18. The fourth-order valence-corrected chi connectivity index (χ4v) is 6.33. The molecule has 42 heavy (non-hydrogen) atoms. The minimum absolute atomic E-state index is 0.0422. The third-order valence-electron chi connectivity index (χ3n) is 8.14. The maximum atomic E-state index is 15.1. The summed E-state index contributed by atoms with van der Waals surface area (Å²) in [5, 5.41) is 3.31. The molecular weight excluding hydrogens is 561 g/mol. The van der Waals surface area contributed by atoms with Gasteiger partial charge in [0.1, 0.15) is 29.3 Å². The van der Waals surface area contributed by atoms with Crippen LogP contribution in [0.3, 0.4) is 0 Å². The van der Waals surface area contributed by atoms with Gasteiger partial charge in [0.05, 0.1) is 24.4 Å². The van der Waals surface area contributed by atoms with Crippen LogP contribution >= 0.6 is 11.6 Å². The Morgan fingerprint density at radius 2 is 1.83 bits per heavy atom. The molecule has 1 N–H and O–H groups in total. The minimum atomic E-state index is -0.859. The number of esters is 1. The zero-order valence-corrected chi connectivity index (χ0v) is 26.2. The highest BCUT2D eigenvalue weighted by molar-refractivity contribution is 6.33. The first kappa shape index (κ1) is 31.9. The van der Waals surface area contributed by atoms with Gasteiger partial charge in [-0.2, -0.15) is 0 Å². The van der Waals surface area contributed by atoms with Crippen LogP contribution < -0.4 is 15.0 Å². The lowest BCUT2D eigenvalue weighted by Gasteiger charge is -2.37. The molecule has 2 aliphatic rings. The second-order valence-electron chi connectivity index (χ2n) is 12.2. The standard InChI is InChI=1S/C32H43ClFN3O5/c1-32(2,3)42-31(39)37-19-24(17-28(37)30(38)40-6)41-23-15-26(34)29(33)27(16-23)36(5)22-13-11-20(12-14-22)25-10-8-7-9-21(25)18-35-4/h7-10,15-16,20,22,24,28,35H,11-14,17-19H2,1-6H3/t20-,22-,24-,28-/m0/s1. The van der Waals surface area contributed by atoms with E-state index in [0.29, 0.717) is 11.6 Å². The van der Waals surface area contributed by atoms with Gasteiger partial charge in [-0.3, -0.25) is 4.90 Å². The van der Waals surface area contributed by atoms with E-state index < -0.39 is 35.6 Å². The molecule has 2 aromatic carbocycles. The number of hydrogen-bond donors (Lipinski definition) is 1. The van der Waals surface area contributed by atoms with E-state index in [1.807, 2.05) is 19.0 Å². The van der Waals surface area contributed by atoms with E-state index in [0.717, 1.165) is 32.2 Å². The van der Waals surface area contributed by atoms with Crippen LogP contribution in [0.1, 0.15) is 69.9 Å². The second-order valence-corrected chi connectivity index (χ2v) is 12.6. The van der Waals surface area contributed by atoms with E-state index in [9.17, 15) is 9.59 Å². The van der Waals surface area contributed by atoms with Gasteiger partial charge < -0.3 is 24.4 Å². The fraction of sp³-hybridized carbons (Fsp3) is 0.562. The fourth-order valence-electron chi connectivity index (χ4n) is 6.09. The van der Waals surface area contributed by atoms with Gasteiger partial charge >= 0.3 is 12.1 Å². The molecule has 4 rings (SSSR count). The van der Waals surface area contributed by atoms with Gasteiger partial charge in [-0.25, -0.2) is 14.0 Å². The van der Waals surface area contributed by atoms with Gasteiger partial charge in [0.25, 0.3) is 0 Å². The van der Waals surface area contributed by atoms with Crippen LogP contribution in [0.25, 0.3) is 0 Å². The molecule has 0 unspecified atom stereocenters. The quantitative estimate of drug-likeness (QED) is 0.355. The SMILES string of the molecule is CNCc1ccccc1[C@H]1CC[C@H](N(C)c2cc(O[C@H]3C[C@@H](C(=O)OC)N(C(=O)OC(C)(C)C)C3)cc(F)c2Cl)CC1. The Morgan fingerprint density at radius 1 is 1.14 bits per heavy atom. The van der Waals surface area contributed by atoms with Crippen LogP contribution in [0.2, 0.25) is 5.02 Å². The lowest BCUT2D eigenvalue weighted by Crippen LogP contribution is -2.44. The maximum Gasteiger partial charge on any atom is 0.411 e. The Kier molecular flexibility index (Phi) is 10.3. The number of benzene rings is 2. The van der Waals surface area contributed by atoms with Crippen molar-refractivity contribution in [2.45, 2.75) is 89.1 Å². The average molecular weight is 604 g/mol. The molecule has 2 atom stereocenters. The van der Waals surface area contributed by atoms with Gasteiger partial charge in [0.15, 0.2) is 0 Å². The molecule has 230 valence electrons. The molecule has 1 saturated heterocycles. The predicted octanol–water partition coefficient (Wildman–Crippen LogP) is 6.29. The summed E-state index contributed by atoms with van der Waals surface area (Å²) < 4.78 is 31.6. The molecule has 1 aliphatic heterocycles. The summed E-state index contributed by atoms with van der Waals surface area (Å²) in [5.41, 5.74) is 2.55. The van der Waals surface area contributed by atoms with E-state index in [-0.39, 0.29) is 29.8 Å². The van der Waals surface area contributed by atoms with Crippen LogP contribution in [0.5, 0.6) is 5.75 Å². The number of likely N-dealkylation sites (tertiary alicyclic amines) is 1. The van der Waals surface area contributed by atoms with Crippen LogP contribution in [0.4, 0.5) is 14.9 Å². The number of anilines is 1. The number of ether oxygens (including phenoxy) is 3. The molecule has 8 nitrogen and oxygen atoms in total. The summed E-state index contributed by atoms with van der Waals surface area (Å²) in [6.07, 6.45) is 2.97. The van der Waals surface area contributed by atoms with Crippen molar-refractivity contribution in [3.8, 4) is 5.75 Å². The zero-order chi connectivity index (χ0) is 30.6. The minimum Gasteiger partial charge on any atom is -0.488 e. The van der Waals surface area contributed by atoms with E-state index in [1.165, 1.54) is 29.2 Å². The number of rotatable bonds is 8. The Hall–Kier alpha value is -3.04. The Morgan fingerprint density at radius 3 is 2.48 bits per heavy atom. The van der Waals surface area contributed by atoms with Gasteiger partial charge in [0.2, 0.25) is 0 Å². The van der Waals surface area contributed by atoms with Gasteiger partial charge in [-0.1, -0.05) is 35.9 Å². The monoisotopic (exact) mass is 603 g/mol. The molecule has 10 heteroatoms. The zero-order valence-electron chi connectivity index (χ0n) is 25.4. The number of hydrogen-bond acceptors (Lipinski definition) is 7. The highest BCUT2D eigenvalue weighted by atomic mass is 35.5. The molecule has 0 bridgehead atoms. The van der Waals surface area contributed by atoms with Crippen molar-refractivity contribution < 1.29 is 28.2 Å². The molecule has 1 saturated carbocycles. The van der Waals surface area contributed by atoms with Crippen LogP contribution in [0.15, 0.2) is 36.4 Å². The second kappa shape index (κ2) is 13.5. The third-order valence-corrected chi connectivity index (χ3v) is 8.51. The van der Waals surface area contributed by atoms with Crippen molar-refractivity contribution >= 4 is 29.4 Å². The molecule has 1 aliphatic carbocycles. The molecule has 2 fully saturated rings. The first-order valence-corrected chi connectivity index (χ1v) is 15.0. The number of methoxy groups -OCH3 is 1. The number of amides is 1. The summed E-state index contributed by atoms with van der Waals surface area (Å²) in [4.78, 5) is 28.6. The van der Waals surface area contributed by atoms with Crippen molar-refractivity contribution in [3.63, 3.8) is 0 Å². The Labute approximate surface area is 253 Å². The van der Waals surface area contributed by atoms with Gasteiger partial charge in [-0.05, 0) is 70.5 Å². The van der Waals surface area contributed by atoms with Gasteiger partial charge in [0, 0.05) is 38.2 Å². The van der Waals surface area contributed by atoms with Crippen LogP contribution in [-0.2, 0) is 20.8 Å². The summed E-state index contributed by atoms with van der Waals surface area (Å²) in [6, 6.07) is 10.9. The molecule has 0 spiro atoms.